The molecule has 1 rings (SSSR count). The quantitative estimate of drug-likeness (QED) is 0.673. The average molecular weight is 375 g/mol. The molecule has 1 aromatic rings. The third-order valence-electron chi connectivity index (χ3n) is 4.13. The maximum Gasteiger partial charge on any atom is 0.351 e. The largest absolute Gasteiger partial charge is 0.351 e. The predicted molar refractivity (Wildman–Crippen MR) is 99.4 cm³/mol. The third-order valence-corrected chi connectivity index (χ3v) is 8.65. The molecule has 0 aliphatic carbocycles. The number of aryl methyl sites for hydroxylation is 1. The van der Waals surface area contributed by atoms with Gasteiger partial charge in [0.1, 0.15) is 16.3 Å². The minimum absolute atomic E-state index is 0.252. The Morgan fingerprint density at radius 3 is 1.88 bits per heavy atom. The van der Waals surface area contributed by atoms with Gasteiger partial charge >= 0.3 is 7.60 Å². The Kier molecular flexibility index (Phi) is 7.39. The van der Waals surface area contributed by atoms with Crippen molar-refractivity contribution in [1.82, 2.24) is 4.72 Å². The van der Waals surface area contributed by atoms with Crippen LogP contribution in [0.25, 0.3) is 0 Å². The van der Waals surface area contributed by atoms with Crippen molar-refractivity contribution in [1.29, 1.82) is 0 Å². The molecule has 0 aliphatic rings. The molecule has 1 N–H and O–H groups in total. The average Bonchev–Trinajstić information content (AvgIpc) is 2.47. The van der Waals surface area contributed by atoms with E-state index in [1.165, 1.54) is 0 Å². The lowest BCUT2D eigenvalue weighted by molar-refractivity contribution is 0.153. The van der Waals surface area contributed by atoms with E-state index < -0.39 is 29.3 Å². The minimum atomic E-state index is -3.55. The van der Waals surface area contributed by atoms with Gasteiger partial charge in [-0.2, -0.15) is 0 Å². The molecule has 24 heavy (non-hydrogen) atoms. The number of rotatable bonds is 8. The summed E-state index contributed by atoms with van der Waals surface area (Å²) in [6.45, 7) is 13.6. The van der Waals surface area contributed by atoms with Crippen LogP contribution in [0.15, 0.2) is 29.2 Å². The third kappa shape index (κ3) is 4.55. The molecule has 0 saturated heterocycles. The maximum absolute atomic E-state index is 13.5. The first-order chi connectivity index (χ1) is 11.0. The zero-order valence-corrected chi connectivity index (χ0v) is 17.4. The van der Waals surface area contributed by atoms with E-state index in [4.69, 9.17) is 9.05 Å². The maximum atomic E-state index is 13.5. The van der Waals surface area contributed by atoms with Crippen molar-refractivity contribution < 1.29 is 17.8 Å². The molecular formula is C17H30NO4PS. The SMILES string of the molecule is CCOP(=O)(OCC)[C@@](C)(NS(=O)c1ccc(C)cc1)C(C)(C)C. The Bertz CT molecular complexity index is 602. The highest BCUT2D eigenvalue weighted by molar-refractivity contribution is 7.83. The van der Waals surface area contributed by atoms with Crippen molar-refractivity contribution in [3.05, 3.63) is 29.8 Å². The van der Waals surface area contributed by atoms with E-state index in [0.29, 0.717) is 4.90 Å². The summed E-state index contributed by atoms with van der Waals surface area (Å²) in [6, 6.07) is 7.39. The normalized spacial score (nSPS) is 16.6. The second-order valence-electron chi connectivity index (χ2n) is 6.84. The second kappa shape index (κ2) is 8.24. The fourth-order valence-electron chi connectivity index (χ4n) is 2.16. The number of hydrogen-bond donors (Lipinski definition) is 1. The molecule has 0 aliphatic heterocycles. The van der Waals surface area contributed by atoms with Gasteiger partial charge in [-0.1, -0.05) is 38.5 Å². The first-order valence-electron chi connectivity index (χ1n) is 8.16. The molecule has 1 unspecified atom stereocenters. The van der Waals surface area contributed by atoms with E-state index in [9.17, 15) is 8.77 Å². The zero-order valence-electron chi connectivity index (χ0n) is 15.7. The summed E-state index contributed by atoms with van der Waals surface area (Å²) >= 11 is 0. The molecule has 0 fully saturated rings. The van der Waals surface area contributed by atoms with Crippen molar-refractivity contribution in [3.63, 3.8) is 0 Å². The molecular weight excluding hydrogens is 345 g/mol. The number of nitrogens with one attached hydrogen (secondary N) is 1. The highest BCUT2D eigenvalue weighted by Gasteiger charge is 2.55. The van der Waals surface area contributed by atoms with Gasteiger partial charge in [-0.05, 0) is 45.2 Å². The van der Waals surface area contributed by atoms with Gasteiger partial charge in [0.15, 0.2) is 0 Å². The molecule has 0 saturated carbocycles. The first kappa shape index (κ1) is 21.5. The van der Waals surface area contributed by atoms with Crippen LogP contribution in [0.1, 0.15) is 47.1 Å². The van der Waals surface area contributed by atoms with Crippen molar-refractivity contribution in [2.45, 2.75) is 58.6 Å². The van der Waals surface area contributed by atoms with Gasteiger partial charge in [0.05, 0.1) is 18.1 Å². The monoisotopic (exact) mass is 375 g/mol. The summed E-state index contributed by atoms with van der Waals surface area (Å²) < 4.78 is 40.4. The summed E-state index contributed by atoms with van der Waals surface area (Å²) in [4.78, 5) is 0.621. The van der Waals surface area contributed by atoms with Gasteiger partial charge in [-0.15, -0.1) is 0 Å². The molecule has 7 heteroatoms. The molecule has 0 spiro atoms. The molecule has 0 heterocycles. The Labute approximate surface area is 148 Å². The highest BCUT2D eigenvalue weighted by Crippen LogP contribution is 2.64. The zero-order chi connectivity index (χ0) is 18.6. The first-order valence-corrected chi connectivity index (χ1v) is 10.9. The van der Waals surface area contributed by atoms with E-state index in [-0.39, 0.29) is 13.2 Å². The van der Waals surface area contributed by atoms with Gasteiger partial charge in [-0.25, -0.2) is 8.93 Å². The fraction of sp³-hybridized carbons (Fsp3) is 0.647. The van der Waals surface area contributed by atoms with Gasteiger partial charge in [0, 0.05) is 0 Å². The van der Waals surface area contributed by atoms with Crippen molar-refractivity contribution in [2.24, 2.45) is 5.41 Å². The van der Waals surface area contributed by atoms with Gasteiger partial charge < -0.3 is 9.05 Å². The number of hydrogen-bond acceptors (Lipinski definition) is 4. The van der Waals surface area contributed by atoms with Crippen LogP contribution in [0.2, 0.25) is 0 Å². The molecule has 138 valence electrons. The van der Waals surface area contributed by atoms with Gasteiger partial charge in [-0.3, -0.25) is 4.57 Å². The topological polar surface area (TPSA) is 64.6 Å². The standard InChI is InChI=1S/C17H30NO4PS/c1-8-21-23(19,22-9-2)17(7,16(4,5)6)18-24(20)15-12-10-14(3)11-13-15/h10-13,18H,8-9H2,1-7H3/t17-,24?/m1/s1. The minimum Gasteiger partial charge on any atom is -0.308 e. The molecule has 0 bridgehead atoms. The molecule has 0 aromatic heterocycles. The Balaban J connectivity index is 3.27. The van der Waals surface area contributed by atoms with E-state index in [1.807, 2.05) is 39.8 Å². The Hall–Kier alpha value is -0.520. The number of benzene rings is 1. The van der Waals surface area contributed by atoms with Gasteiger partial charge in [0.25, 0.3) is 0 Å². The van der Waals surface area contributed by atoms with E-state index in [0.717, 1.165) is 5.56 Å². The lowest BCUT2D eigenvalue weighted by Crippen LogP contribution is -2.53. The van der Waals surface area contributed by atoms with Crippen LogP contribution in [0.5, 0.6) is 0 Å². The van der Waals surface area contributed by atoms with Crippen molar-refractivity contribution in [3.8, 4) is 0 Å². The van der Waals surface area contributed by atoms with Crippen LogP contribution in [0.4, 0.5) is 0 Å². The predicted octanol–water partition coefficient (Wildman–Crippen LogP) is 4.64. The van der Waals surface area contributed by atoms with Crippen LogP contribution < -0.4 is 4.72 Å². The summed E-state index contributed by atoms with van der Waals surface area (Å²) in [6.07, 6.45) is 0. The summed E-state index contributed by atoms with van der Waals surface area (Å²) in [5, 5.41) is -1.12. The summed E-state index contributed by atoms with van der Waals surface area (Å²) in [5.74, 6) is 0. The van der Waals surface area contributed by atoms with Crippen LogP contribution in [-0.2, 0) is 24.6 Å². The summed E-state index contributed by atoms with van der Waals surface area (Å²) in [5.41, 5.74) is 0.566. The fourth-order valence-corrected chi connectivity index (χ4v) is 6.11. The Morgan fingerprint density at radius 2 is 1.50 bits per heavy atom. The summed E-state index contributed by atoms with van der Waals surface area (Å²) in [7, 11) is -5.09. The van der Waals surface area contributed by atoms with Crippen molar-refractivity contribution in [2.75, 3.05) is 13.2 Å². The van der Waals surface area contributed by atoms with Crippen LogP contribution in [-0.4, -0.2) is 22.7 Å². The van der Waals surface area contributed by atoms with E-state index in [2.05, 4.69) is 4.72 Å². The smallest absolute Gasteiger partial charge is 0.308 e. The second-order valence-corrected chi connectivity index (χ2v) is 10.5. The van der Waals surface area contributed by atoms with E-state index in [1.54, 1.807) is 32.9 Å². The van der Waals surface area contributed by atoms with Crippen LogP contribution in [0.3, 0.4) is 0 Å². The van der Waals surface area contributed by atoms with Crippen molar-refractivity contribution >= 4 is 18.6 Å². The van der Waals surface area contributed by atoms with Crippen LogP contribution >= 0.6 is 7.60 Å². The van der Waals surface area contributed by atoms with Crippen LogP contribution in [0, 0.1) is 12.3 Å². The molecule has 2 atom stereocenters. The molecule has 5 nitrogen and oxygen atoms in total. The van der Waals surface area contributed by atoms with Gasteiger partial charge in [0.2, 0.25) is 0 Å². The molecule has 0 amide bonds. The van der Waals surface area contributed by atoms with E-state index >= 15 is 0 Å². The lowest BCUT2D eigenvalue weighted by Gasteiger charge is -2.45. The lowest BCUT2D eigenvalue weighted by atomic mass is 9.88. The Morgan fingerprint density at radius 1 is 1.04 bits per heavy atom. The highest BCUT2D eigenvalue weighted by atomic mass is 32.2. The molecule has 1 aromatic carbocycles. The molecule has 0 radical (unpaired) electrons.